The minimum absolute atomic E-state index is 0.00191. The van der Waals surface area contributed by atoms with Crippen molar-refractivity contribution < 1.29 is 5.11 Å². The molecular weight excluding hydrogens is 230 g/mol. The number of aliphatic hydroxyl groups excluding tert-OH is 1. The van der Waals surface area contributed by atoms with Gasteiger partial charge in [-0.15, -0.1) is 0 Å². The average molecular weight is 253 g/mol. The number of rotatable bonds is 7. The van der Waals surface area contributed by atoms with E-state index in [2.05, 4.69) is 13.8 Å². The van der Waals surface area contributed by atoms with Crippen molar-refractivity contribution in [3.8, 4) is 0 Å². The van der Waals surface area contributed by atoms with E-state index in [-0.39, 0.29) is 6.61 Å². The Morgan fingerprint density at radius 3 is 2.53 bits per heavy atom. The average Bonchev–Trinajstić information content (AvgIpc) is 2.39. The number of hydrogen-bond acceptors (Lipinski definition) is 3. The highest BCUT2D eigenvalue weighted by molar-refractivity contribution is 7.99. The molecule has 0 aliphatic carbocycles. The molecule has 0 spiro atoms. The van der Waals surface area contributed by atoms with E-state index in [1.54, 1.807) is 0 Å². The Kier molecular flexibility index (Phi) is 6.03. The van der Waals surface area contributed by atoms with Gasteiger partial charge in [-0.3, -0.25) is 0 Å². The Bertz CT molecular complexity index is 317. The topological polar surface area (TPSA) is 46.2 Å². The van der Waals surface area contributed by atoms with Gasteiger partial charge in [0, 0.05) is 5.25 Å². The van der Waals surface area contributed by atoms with E-state index in [0.29, 0.717) is 5.25 Å². The predicted octanol–water partition coefficient (Wildman–Crippen LogP) is 2.75. The summed E-state index contributed by atoms with van der Waals surface area (Å²) in [5.41, 5.74) is 6.71. The highest BCUT2D eigenvalue weighted by Gasteiger charge is 2.25. The molecule has 0 bridgehead atoms. The quantitative estimate of drug-likeness (QED) is 0.785. The molecule has 1 rings (SSSR count). The van der Waals surface area contributed by atoms with E-state index in [9.17, 15) is 5.11 Å². The Hall–Kier alpha value is -0.510. The fourth-order valence-corrected chi connectivity index (χ4v) is 2.77. The second-order valence-corrected chi connectivity index (χ2v) is 6.07. The van der Waals surface area contributed by atoms with Crippen molar-refractivity contribution >= 4 is 11.8 Å². The zero-order valence-corrected chi connectivity index (χ0v) is 11.5. The molecule has 17 heavy (non-hydrogen) atoms. The number of thioether (sulfide) groups is 1. The van der Waals surface area contributed by atoms with Crippen LogP contribution in [0.15, 0.2) is 30.3 Å². The molecule has 2 atom stereocenters. The largest absolute Gasteiger partial charge is 0.394 e. The van der Waals surface area contributed by atoms with Gasteiger partial charge in [0.25, 0.3) is 0 Å². The standard InChI is InChI=1S/C14H23NOS/c1-3-12(2)17-10-9-14(15,11-16)13-7-5-4-6-8-13/h4-8,12,16H,3,9-11,15H2,1-2H3. The van der Waals surface area contributed by atoms with E-state index in [4.69, 9.17) is 5.73 Å². The van der Waals surface area contributed by atoms with Gasteiger partial charge in [-0.25, -0.2) is 0 Å². The van der Waals surface area contributed by atoms with Crippen LogP contribution in [0.2, 0.25) is 0 Å². The summed E-state index contributed by atoms with van der Waals surface area (Å²) >= 11 is 1.92. The maximum absolute atomic E-state index is 9.53. The highest BCUT2D eigenvalue weighted by atomic mass is 32.2. The molecule has 2 unspecified atom stereocenters. The van der Waals surface area contributed by atoms with Gasteiger partial charge in [0.15, 0.2) is 0 Å². The lowest BCUT2D eigenvalue weighted by Crippen LogP contribution is -2.41. The molecule has 0 aliphatic heterocycles. The van der Waals surface area contributed by atoms with Crippen molar-refractivity contribution in [2.24, 2.45) is 5.73 Å². The molecule has 0 aliphatic rings. The number of hydrogen-bond donors (Lipinski definition) is 2. The zero-order valence-electron chi connectivity index (χ0n) is 10.7. The van der Waals surface area contributed by atoms with E-state index < -0.39 is 5.54 Å². The van der Waals surface area contributed by atoms with Crippen LogP contribution < -0.4 is 5.73 Å². The van der Waals surface area contributed by atoms with Gasteiger partial charge in [0.05, 0.1) is 12.1 Å². The van der Waals surface area contributed by atoms with E-state index in [0.717, 1.165) is 17.7 Å². The van der Waals surface area contributed by atoms with Gasteiger partial charge in [-0.2, -0.15) is 11.8 Å². The van der Waals surface area contributed by atoms with Crippen LogP contribution in [0.5, 0.6) is 0 Å². The number of nitrogens with two attached hydrogens (primary N) is 1. The van der Waals surface area contributed by atoms with E-state index in [1.165, 1.54) is 6.42 Å². The fraction of sp³-hybridized carbons (Fsp3) is 0.571. The maximum atomic E-state index is 9.53. The fourth-order valence-electron chi connectivity index (χ4n) is 1.64. The molecule has 2 nitrogen and oxygen atoms in total. The lowest BCUT2D eigenvalue weighted by Gasteiger charge is -2.28. The van der Waals surface area contributed by atoms with Gasteiger partial charge in [-0.05, 0) is 24.2 Å². The first-order valence-electron chi connectivity index (χ1n) is 6.19. The summed E-state index contributed by atoms with van der Waals surface area (Å²) in [6.45, 7) is 4.42. The van der Waals surface area contributed by atoms with Gasteiger partial charge < -0.3 is 10.8 Å². The number of benzene rings is 1. The zero-order chi connectivity index (χ0) is 12.7. The molecule has 3 heteroatoms. The third kappa shape index (κ3) is 4.34. The minimum atomic E-state index is -0.596. The summed E-state index contributed by atoms with van der Waals surface area (Å²) in [5.74, 6) is 0.987. The summed E-state index contributed by atoms with van der Waals surface area (Å²) in [5, 5.41) is 10.2. The van der Waals surface area contributed by atoms with Crippen molar-refractivity contribution in [1.29, 1.82) is 0 Å². The SMILES string of the molecule is CCC(C)SCCC(N)(CO)c1ccccc1. The molecule has 0 saturated carbocycles. The van der Waals surface area contributed by atoms with Crippen LogP contribution in [0, 0.1) is 0 Å². The van der Waals surface area contributed by atoms with Gasteiger partial charge in [0.2, 0.25) is 0 Å². The maximum Gasteiger partial charge on any atom is 0.0653 e. The second-order valence-electron chi connectivity index (χ2n) is 4.52. The minimum Gasteiger partial charge on any atom is -0.394 e. The van der Waals surface area contributed by atoms with Crippen molar-refractivity contribution in [3.05, 3.63) is 35.9 Å². The van der Waals surface area contributed by atoms with Crippen LogP contribution in [0.1, 0.15) is 32.3 Å². The van der Waals surface area contributed by atoms with Crippen LogP contribution in [-0.4, -0.2) is 22.7 Å². The molecular formula is C14H23NOS. The van der Waals surface area contributed by atoms with Gasteiger partial charge in [0.1, 0.15) is 0 Å². The molecule has 0 saturated heterocycles. The van der Waals surface area contributed by atoms with Crippen molar-refractivity contribution in [2.45, 2.75) is 37.5 Å². The Morgan fingerprint density at radius 2 is 2.00 bits per heavy atom. The van der Waals surface area contributed by atoms with Gasteiger partial charge >= 0.3 is 0 Å². The molecule has 0 heterocycles. The summed E-state index contributed by atoms with van der Waals surface area (Å²) < 4.78 is 0. The van der Waals surface area contributed by atoms with Crippen LogP contribution >= 0.6 is 11.8 Å². The van der Waals surface area contributed by atoms with Crippen LogP contribution in [-0.2, 0) is 5.54 Å². The second kappa shape index (κ2) is 7.04. The van der Waals surface area contributed by atoms with Crippen molar-refractivity contribution in [3.63, 3.8) is 0 Å². The lowest BCUT2D eigenvalue weighted by atomic mass is 9.89. The molecule has 0 radical (unpaired) electrons. The molecule has 0 fully saturated rings. The first kappa shape index (κ1) is 14.6. The summed E-state index contributed by atoms with van der Waals surface area (Å²) in [6, 6.07) is 9.88. The molecule has 3 N–H and O–H groups in total. The summed E-state index contributed by atoms with van der Waals surface area (Å²) in [7, 11) is 0. The lowest BCUT2D eigenvalue weighted by molar-refractivity contribution is 0.193. The van der Waals surface area contributed by atoms with E-state index >= 15 is 0 Å². The third-order valence-corrected chi connectivity index (χ3v) is 4.50. The normalized spacial score (nSPS) is 16.5. The van der Waals surface area contributed by atoms with Gasteiger partial charge in [-0.1, -0.05) is 44.2 Å². The first-order valence-corrected chi connectivity index (χ1v) is 7.24. The Morgan fingerprint density at radius 1 is 1.35 bits per heavy atom. The van der Waals surface area contributed by atoms with Crippen LogP contribution in [0.4, 0.5) is 0 Å². The molecule has 0 aromatic heterocycles. The van der Waals surface area contributed by atoms with Crippen molar-refractivity contribution in [1.82, 2.24) is 0 Å². The van der Waals surface area contributed by atoms with E-state index in [1.807, 2.05) is 42.1 Å². The predicted molar refractivity (Wildman–Crippen MR) is 76.2 cm³/mol. The summed E-state index contributed by atoms with van der Waals surface area (Å²) in [4.78, 5) is 0. The molecule has 1 aromatic carbocycles. The summed E-state index contributed by atoms with van der Waals surface area (Å²) in [6.07, 6.45) is 1.98. The Balaban J connectivity index is 2.57. The third-order valence-electron chi connectivity index (χ3n) is 3.16. The molecule has 0 amide bonds. The van der Waals surface area contributed by atoms with Crippen LogP contribution in [0.25, 0.3) is 0 Å². The Labute approximate surface area is 109 Å². The first-order chi connectivity index (χ1) is 8.12. The number of aliphatic hydroxyl groups is 1. The molecule has 1 aromatic rings. The highest BCUT2D eigenvalue weighted by Crippen LogP contribution is 2.25. The molecule has 96 valence electrons. The monoisotopic (exact) mass is 253 g/mol. The van der Waals surface area contributed by atoms with Crippen LogP contribution in [0.3, 0.4) is 0 Å². The smallest absolute Gasteiger partial charge is 0.0653 e. The van der Waals surface area contributed by atoms with Crippen molar-refractivity contribution in [2.75, 3.05) is 12.4 Å².